The number of aromatic nitrogens is 2. The van der Waals surface area contributed by atoms with Gasteiger partial charge in [-0.25, -0.2) is 14.8 Å². The predicted octanol–water partition coefficient (Wildman–Crippen LogP) is 3.41. The summed E-state index contributed by atoms with van der Waals surface area (Å²) in [6.07, 6.45) is 0. The Hall–Kier alpha value is -3.80. The molecule has 6 heteroatoms. The molecule has 0 fully saturated rings. The average Bonchev–Trinajstić information content (AvgIpc) is 2.70. The molecular formula is C21H15N3O3. The van der Waals surface area contributed by atoms with Gasteiger partial charge in [-0.1, -0.05) is 24.3 Å². The van der Waals surface area contributed by atoms with Gasteiger partial charge in [-0.05, 0) is 48.0 Å². The summed E-state index contributed by atoms with van der Waals surface area (Å²) < 4.78 is 0. The van der Waals surface area contributed by atoms with Crippen molar-refractivity contribution in [3.8, 4) is 0 Å². The number of nitrogens with zero attached hydrogens (tertiary/aromatic N) is 2. The number of carbonyl (C=O) groups is 2. The average molecular weight is 357 g/mol. The van der Waals surface area contributed by atoms with E-state index in [1.807, 2.05) is 24.3 Å². The zero-order valence-corrected chi connectivity index (χ0v) is 14.2. The van der Waals surface area contributed by atoms with Crippen molar-refractivity contribution in [2.45, 2.75) is 6.54 Å². The Bertz CT molecular complexity index is 1170. The van der Waals surface area contributed by atoms with E-state index in [-0.39, 0.29) is 11.5 Å². The quantitative estimate of drug-likeness (QED) is 0.546. The topological polar surface area (TPSA) is 92.2 Å². The van der Waals surface area contributed by atoms with Gasteiger partial charge < -0.3 is 10.4 Å². The first-order valence-corrected chi connectivity index (χ1v) is 8.37. The van der Waals surface area contributed by atoms with Crippen LogP contribution in [0.4, 0.5) is 0 Å². The lowest BCUT2D eigenvalue weighted by Gasteiger charge is -2.07. The Morgan fingerprint density at radius 2 is 1.37 bits per heavy atom. The van der Waals surface area contributed by atoms with Gasteiger partial charge in [0.05, 0.1) is 27.6 Å². The normalized spacial score (nSPS) is 10.8. The first kappa shape index (κ1) is 16.7. The molecule has 4 aromatic rings. The molecule has 1 amide bonds. The van der Waals surface area contributed by atoms with Crippen LogP contribution in [-0.2, 0) is 6.54 Å². The largest absolute Gasteiger partial charge is 0.478 e. The summed E-state index contributed by atoms with van der Waals surface area (Å²) >= 11 is 0. The molecule has 0 saturated heterocycles. The van der Waals surface area contributed by atoms with Crippen LogP contribution >= 0.6 is 0 Å². The molecule has 0 saturated carbocycles. The van der Waals surface area contributed by atoms with E-state index >= 15 is 0 Å². The second-order valence-corrected chi connectivity index (χ2v) is 6.10. The second kappa shape index (κ2) is 6.84. The van der Waals surface area contributed by atoms with Crippen LogP contribution in [-0.4, -0.2) is 27.0 Å². The van der Waals surface area contributed by atoms with Crippen LogP contribution in [0.5, 0.6) is 0 Å². The molecule has 0 spiro atoms. The van der Waals surface area contributed by atoms with Gasteiger partial charge in [0, 0.05) is 12.1 Å². The van der Waals surface area contributed by atoms with Crippen molar-refractivity contribution < 1.29 is 14.7 Å². The molecule has 4 rings (SSSR count). The molecule has 0 aliphatic rings. The van der Waals surface area contributed by atoms with E-state index < -0.39 is 5.97 Å². The minimum Gasteiger partial charge on any atom is -0.478 e. The van der Waals surface area contributed by atoms with Gasteiger partial charge in [-0.15, -0.1) is 0 Å². The van der Waals surface area contributed by atoms with Crippen molar-refractivity contribution in [1.29, 1.82) is 0 Å². The highest BCUT2D eigenvalue weighted by Crippen LogP contribution is 2.17. The SMILES string of the molecule is O=C(O)c1ccc(CNC(=O)c2ccc3nc4ccccc4nc3c2)cc1. The lowest BCUT2D eigenvalue weighted by atomic mass is 10.1. The lowest BCUT2D eigenvalue weighted by molar-refractivity contribution is 0.0696. The minimum absolute atomic E-state index is 0.213. The lowest BCUT2D eigenvalue weighted by Crippen LogP contribution is -2.22. The predicted molar refractivity (Wildman–Crippen MR) is 102 cm³/mol. The van der Waals surface area contributed by atoms with Crippen LogP contribution in [0.15, 0.2) is 66.7 Å². The van der Waals surface area contributed by atoms with Crippen LogP contribution in [0.25, 0.3) is 22.1 Å². The van der Waals surface area contributed by atoms with Crippen molar-refractivity contribution in [1.82, 2.24) is 15.3 Å². The summed E-state index contributed by atoms with van der Waals surface area (Å²) in [6, 6.07) is 19.2. The number of benzene rings is 3. The van der Waals surface area contributed by atoms with Crippen LogP contribution in [0.1, 0.15) is 26.3 Å². The van der Waals surface area contributed by atoms with E-state index in [9.17, 15) is 9.59 Å². The van der Waals surface area contributed by atoms with Gasteiger partial charge in [0.1, 0.15) is 0 Å². The molecule has 0 aliphatic heterocycles. The summed E-state index contributed by atoms with van der Waals surface area (Å²) in [5, 5.41) is 11.7. The van der Waals surface area contributed by atoms with Crippen molar-refractivity contribution in [2.24, 2.45) is 0 Å². The second-order valence-electron chi connectivity index (χ2n) is 6.10. The van der Waals surface area contributed by atoms with E-state index in [1.165, 1.54) is 12.1 Å². The maximum Gasteiger partial charge on any atom is 0.335 e. The van der Waals surface area contributed by atoms with Gasteiger partial charge in [-0.3, -0.25) is 4.79 Å². The monoisotopic (exact) mass is 357 g/mol. The molecule has 0 bridgehead atoms. The number of para-hydroxylation sites is 2. The van der Waals surface area contributed by atoms with Gasteiger partial charge in [0.2, 0.25) is 0 Å². The molecule has 0 radical (unpaired) electrons. The molecule has 0 unspecified atom stereocenters. The van der Waals surface area contributed by atoms with E-state index in [0.717, 1.165) is 22.1 Å². The first-order chi connectivity index (χ1) is 13.1. The number of fused-ring (bicyclic) bond motifs is 2. The third kappa shape index (κ3) is 3.46. The summed E-state index contributed by atoms with van der Waals surface area (Å²) in [5.74, 6) is -1.20. The highest BCUT2D eigenvalue weighted by atomic mass is 16.4. The summed E-state index contributed by atoms with van der Waals surface area (Å²) in [6.45, 7) is 0.306. The molecular weight excluding hydrogens is 342 g/mol. The van der Waals surface area contributed by atoms with E-state index in [1.54, 1.807) is 30.3 Å². The fourth-order valence-corrected chi connectivity index (χ4v) is 2.81. The van der Waals surface area contributed by atoms with E-state index in [0.29, 0.717) is 17.6 Å². The van der Waals surface area contributed by atoms with Crippen molar-refractivity contribution >= 4 is 33.9 Å². The highest BCUT2D eigenvalue weighted by molar-refractivity contribution is 5.98. The number of nitrogens with one attached hydrogen (secondary N) is 1. The Morgan fingerprint density at radius 3 is 2.04 bits per heavy atom. The Kier molecular flexibility index (Phi) is 4.22. The fourth-order valence-electron chi connectivity index (χ4n) is 2.81. The molecule has 3 aromatic carbocycles. The summed E-state index contributed by atoms with van der Waals surface area (Å²) in [4.78, 5) is 32.4. The third-order valence-electron chi connectivity index (χ3n) is 4.26. The summed E-state index contributed by atoms with van der Waals surface area (Å²) in [7, 11) is 0. The highest BCUT2D eigenvalue weighted by Gasteiger charge is 2.09. The molecule has 0 atom stereocenters. The standard InChI is InChI=1S/C21H15N3O3/c25-20(22-12-13-5-7-14(8-6-13)21(26)27)15-9-10-18-19(11-15)24-17-4-2-1-3-16(17)23-18/h1-11H,12H2,(H,22,25)(H,26,27). The molecule has 1 heterocycles. The van der Waals surface area contributed by atoms with E-state index in [2.05, 4.69) is 15.3 Å². The Balaban J connectivity index is 1.53. The maximum atomic E-state index is 12.4. The Morgan fingerprint density at radius 1 is 0.778 bits per heavy atom. The molecule has 2 N–H and O–H groups in total. The number of hydrogen-bond acceptors (Lipinski definition) is 4. The van der Waals surface area contributed by atoms with E-state index in [4.69, 9.17) is 5.11 Å². The number of rotatable bonds is 4. The fraction of sp³-hybridized carbons (Fsp3) is 0.0476. The van der Waals surface area contributed by atoms with Crippen LogP contribution in [0.3, 0.4) is 0 Å². The van der Waals surface area contributed by atoms with Gasteiger partial charge in [-0.2, -0.15) is 0 Å². The van der Waals surface area contributed by atoms with Crippen molar-refractivity contribution in [3.05, 3.63) is 83.4 Å². The number of carboxylic acid groups (broad SMARTS) is 1. The van der Waals surface area contributed by atoms with Gasteiger partial charge in [0.15, 0.2) is 0 Å². The zero-order valence-electron chi connectivity index (χ0n) is 14.2. The number of hydrogen-bond donors (Lipinski definition) is 2. The first-order valence-electron chi connectivity index (χ1n) is 8.37. The van der Waals surface area contributed by atoms with Gasteiger partial charge >= 0.3 is 5.97 Å². The molecule has 0 aliphatic carbocycles. The van der Waals surface area contributed by atoms with Crippen LogP contribution in [0.2, 0.25) is 0 Å². The summed E-state index contributed by atoms with van der Waals surface area (Å²) in [5.41, 5.74) is 4.51. The molecule has 27 heavy (non-hydrogen) atoms. The van der Waals surface area contributed by atoms with Gasteiger partial charge in [0.25, 0.3) is 5.91 Å². The number of carboxylic acids is 1. The maximum absolute atomic E-state index is 12.4. The molecule has 132 valence electrons. The van der Waals surface area contributed by atoms with Crippen molar-refractivity contribution in [2.75, 3.05) is 0 Å². The van der Waals surface area contributed by atoms with Crippen LogP contribution < -0.4 is 5.32 Å². The molecule has 6 nitrogen and oxygen atoms in total. The number of aromatic carboxylic acids is 1. The van der Waals surface area contributed by atoms with Crippen molar-refractivity contribution in [3.63, 3.8) is 0 Å². The Labute approximate surface area is 154 Å². The molecule has 1 aromatic heterocycles. The number of carbonyl (C=O) groups excluding carboxylic acids is 1. The smallest absolute Gasteiger partial charge is 0.335 e. The van der Waals surface area contributed by atoms with Crippen LogP contribution in [0, 0.1) is 0 Å². The third-order valence-corrected chi connectivity index (χ3v) is 4.26. The minimum atomic E-state index is -0.976. The zero-order chi connectivity index (χ0) is 18.8. The number of amides is 1.